The largest absolute Gasteiger partial charge is 0.375 e. The van der Waals surface area contributed by atoms with Gasteiger partial charge in [-0.25, -0.2) is 0 Å². The summed E-state index contributed by atoms with van der Waals surface area (Å²) in [5.74, 6) is -0.277. The van der Waals surface area contributed by atoms with Gasteiger partial charge in [-0.1, -0.05) is 0 Å². The van der Waals surface area contributed by atoms with E-state index in [2.05, 4.69) is 4.90 Å². The van der Waals surface area contributed by atoms with Crippen LogP contribution in [0.15, 0.2) is 24.3 Å². The summed E-state index contributed by atoms with van der Waals surface area (Å²) in [6.07, 6.45) is 1.88. The lowest BCUT2D eigenvalue weighted by atomic mass is 9.97. The van der Waals surface area contributed by atoms with E-state index in [0.717, 1.165) is 25.1 Å². The van der Waals surface area contributed by atoms with E-state index in [4.69, 9.17) is 10.5 Å². The van der Waals surface area contributed by atoms with Crippen LogP contribution in [0, 0.1) is 5.92 Å². The van der Waals surface area contributed by atoms with Gasteiger partial charge in [0.05, 0.1) is 24.7 Å². The summed E-state index contributed by atoms with van der Waals surface area (Å²) in [6, 6.07) is 7.76. The Bertz CT molecular complexity index is 631. The monoisotopic (exact) mass is 345 g/mol. The third-order valence-corrected chi connectivity index (χ3v) is 5.17. The second-order valence-corrected chi connectivity index (χ2v) is 7.18. The van der Waals surface area contributed by atoms with E-state index in [1.54, 1.807) is 0 Å². The van der Waals surface area contributed by atoms with Crippen molar-refractivity contribution in [3.8, 4) is 0 Å². The van der Waals surface area contributed by atoms with Crippen LogP contribution in [-0.2, 0) is 9.53 Å². The first kappa shape index (κ1) is 17.7. The van der Waals surface area contributed by atoms with Gasteiger partial charge in [-0.05, 0) is 51.0 Å². The van der Waals surface area contributed by atoms with E-state index in [0.29, 0.717) is 25.3 Å². The highest BCUT2D eigenvalue weighted by atomic mass is 16.5. The first-order valence-electron chi connectivity index (χ1n) is 9.02. The van der Waals surface area contributed by atoms with Crippen molar-refractivity contribution in [1.29, 1.82) is 0 Å². The number of ether oxygens (including phenoxy) is 1. The smallest absolute Gasteiger partial charge is 0.254 e. The fraction of sp³-hybridized carbons (Fsp3) is 0.579. The van der Waals surface area contributed by atoms with Gasteiger partial charge in [-0.15, -0.1) is 0 Å². The summed E-state index contributed by atoms with van der Waals surface area (Å²) in [6.45, 7) is 6.76. The molecule has 0 saturated carbocycles. The Morgan fingerprint density at radius 3 is 2.56 bits per heavy atom. The molecule has 3 atom stereocenters. The number of piperidine rings is 1. The normalized spacial score (nSPS) is 27.2. The second-order valence-electron chi connectivity index (χ2n) is 7.18. The van der Waals surface area contributed by atoms with Crippen molar-refractivity contribution in [1.82, 2.24) is 4.90 Å². The highest BCUT2D eigenvalue weighted by Crippen LogP contribution is 2.24. The third kappa shape index (κ3) is 3.95. The molecule has 2 amide bonds. The molecule has 2 aliphatic heterocycles. The van der Waals surface area contributed by atoms with Crippen LogP contribution in [0.5, 0.6) is 0 Å². The van der Waals surface area contributed by atoms with Gasteiger partial charge >= 0.3 is 0 Å². The molecule has 1 aromatic carbocycles. The topological polar surface area (TPSA) is 75.9 Å². The molecular weight excluding hydrogens is 318 g/mol. The summed E-state index contributed by atoms with van der Waals surface area (Å²) in [5, 5.41) is 0. The van der Waals surface area contributed by atoms with Crippen molar-refractivity contribution in [3.63, 3.8) is 0 Å². The summed E-state index contributed by atoms with van der Waals surface area (Å²) in [5.41, 5.74) is 7.17. The maximum Gasteiger partial charge on any atom is 0.254 e. The number of primary amides is 1. The minimum Gasteiger partial charge on any atom is -0.375 e. The molecule has 25 heavy (non-hydrogen) atoms. The Balaban J connectivity index is 1.69. The van der Waals surface area contributed by atoms with Crippen LogP contribution < -0.4 is 10.6 Å². The number of amides is 2. The van der Waals surface area contributed by atoms with Crippen LogP contribution in [-0.4, -0.2) is 55.1 Å². The molecular formula is C19H27N3O3. The average Bonchev–Trinajstić information content (AvgIpc) is 2.63. The molecule has 2 N–H and O–H groups in total. The minimum atomic E-state index is -0.230. The van der Waals surface area contributed by atoms with Crippen molar-refractivity contribution in [2.24, 2.45) is 11.7 Å². The quantitative estimate of drug-likeness (QED) is 0.903. The van der Waals surface area contributed by atoms with Gasteiger partial charge in [0.15, 0.2) is 0 Å². The Labute approximate surface area is 148 Å². The van der Waals surface area contributed by atoms with Crippen molar-refractivity contribution < 1.29 is 14.3 Å². The number of hydrogen-bond donors (Lipinski definition) is 1. The Morgan fingerprint density at radius 2 is 1.88 bits per heavy atom. The lowest BCUT2D eigenvalue weighted by Crippen LogP contribution is -2.50. The maximum absolute atomic E-state index is 12.8. The number of anilines is 1. The first-order valence-corrected chi connectivity index (χ1v) is 9.02. The van der Waals surface area contributed by atoms with Crippen LogP contribution in [0.3, 0.4) is 0 Å². The zero-order valence-electron chi connectivity index (χ0n) is 15.0. The van der Waals surface area contributed by atoms with Gasteiger partial charge in [-0.2, -0.15) is 0 Å². The molecule has 6 heteroatoms. The SMILES string of the molecule is C[C@@H]1CN(C(=O)c2ccc(N3CCC[C@H](C(N)=O)C3)cc2)[C@H](C)CO1. The van der Waals surface area contributed by atoms with Crippen molar-refractivity contribution in [2.45, 2.75) is 38.8 Å². The summed E-state index contributed by atoms with van der Waals surface area (Å²) in [4.78, 5) is 28.3. The highest BCUT2D eigenvalue weighted by molar-refractivity contribution is 5.95. The number of carbonyl (C=O) groups is 2. The van der Waals surface area contributed by atoms with Gasteiger partial charge in [0, 0.05) is 30.9 Å². The maximum atomic E-state index is 12.8. The summed E-state index contributed by atoms with van der Waals surface area (Å²) >= 11 is 0. The average molecular weight is 345 g/mol. The molecule has 1 aromatic rings. The zero-order chi connectivity index (χ0) is 18.0. The summed E-state index contributed by atoms with van der Waals surface area (Å²) in [7, 11) is 0. The van der Waals surface area contributed by atoms with Gasteiger partial charge in [0.25, 0.3) is 5.91 Å². The molecule has 2 fully saturated rings. The van der Waals surface area contributed by atoms with Gasteiger partial charge in [0.1, 0.15) is 0 Å². The molecule has 0 spiro atoms. The van der Waals surface area contributed by atoms with Gasteiger partial charge < -0.3 is 20.3 Å². The lowest BCUT2D eigenvalue weighted by molar-refractivity contribution is -0.122. The van der Waals surface area contributed by atoms with Crippen LogP contribution in [0.4, 0.5) is 5.69 Å². The van der Waals surface area contributed by atoms with E-state index in [1.165, 1.54) is 0 Å². The van der Waals surface area contributed by atoms with Gasteiger partial charge in [0.2, 0.25) is 5.91 Å². The van der Waals surface area contributed by atoms with Crippen LogP contribution in [0.2, 0.25) is 0 Å². The number of carbonyl (C=O) groups excluding carboxylic acids is 2. The number of benzene rings is 1. The Kier molecular flexibility index (Phi) is 5.27. The predicted molar refractivity (Wildman–Crippen MR) is 96.5 cm³/mol. The second kappa shape index (κ2) is 7.44. The van der Waals surface area contributed by atoms with Gasteiger partial charge in [-0.3, -0.25) is 9.59 Å². The molecule has 0 bridgehead atoms. The Hall–Kier alpha value is -2.08. The molecule has 2 heterocycles. The predicted octanol–water partition coefficient (Wildman–Crippen LogP) is 1.64. The third-order valence-electron chi connectivity index (χ3n) is 5.17. The molecule has 0 aliphatic carbocycles. The first-order chi connectivity index (χ1) is 12.0. The van der Waals surface area contributed by atoms with Crippen LogP contribution in [0.25, 0.3) is 0 Å². The number of morpholine rings is 1. The summed E-state index contributed by atoms with van der Waals surface area (Å²) < 4.78 is 5.60. The van der Waals surface area contributed by atoms with E-state index < -0.39 is 0 Å². The number of nitrogens with zero attached hydrogens (tertiary/aromatic N) is 2. The molecule has 136 valence electrons. The van der Waals surface area contributed by atoms with Crippen molar-refractivity contribution in [3.05, 3.63) is 29.8 Å². The molecule has 2 aliphatic rings. The fourth-order valence-electron chi connectivity index (χ4n) is 3.61. The molecule has 0 unspecified atom stereocenters. The highest BCUT2D eigenvalue weighted by Gasteiger charge is 2.28. The molecule has 0 aromatic heterocycles. The van der Waals surface area contributed by atoms with Crippen molar-refractivity contribution in [2.75, 3.05) is 31.1 Å². The molecule has 6 nitrogen and oxygen atoms in total. The standard InChI is InChI=1S/C19H27N3O3/c1-13-12-25-14(2)10-22(13)19(24)15-5-7-17(8-6-15)21-9-3-4-16(11-21)18(20)23/h5-8,13-14,16H,3-4,9-12H2,1-2H3,(H2,20,23)/t13-,14-,16+/m1/s1. The van der Waals surface area contributed by atoms with Crippen LogP contribution in [0.1, 0.15) is 37.0 Å². The number of hydrogen-bond acceptors (Lipinski definition) is 4. The number of rotatable bonds is 3. The van der Waals surface area contributed by atoms with E-state index >= 15 is 0 Å². The lowest BCUT2D eigenvalue weighted by Gasteiger charge is -2.37. The Morgan fingerprint density at radius 1 is 1.16 bits per heavy atom. The van der Waals surface area contributed by atoms with Crippen LogP contribution >= 0.6 is 0 Å². The number of nitrogens with two attached hydrogens (primary N) is 1. The fourth-order valence-corrected chi connectivity index (χ4v) is 3.61. The zero-order valence-corrected chi connectivity index (χ0v) is 15.0. The molecule has 0 radical (unpaired) electrons. The molecule has 3 rings (SSSR count). The van der Waals surface area contributed by atoms with E-state index in [9.17, 15) is 9.59 Å². The minimum absolute atomic E-state index is 0.0443. The van der Waals surface area contributed by atoms with E-state index in [1.807, 2.05) is 43.0 Å². The van der Waals surface area contributed by atoms with Crippen molar-refractivity contribution >= 4 is 17.5 Å². The van der Waals surface area contributed by atoms with E-state index in [-0.39, 0.29) is 29.9 Å². The molecule has 2 saturated heterocycles.